The third-order valence-electron chi connectivity index (χ3n) is 3.03. The van der Waals surface area contributed by atoms with E-state index in [1.165, 1.54) is 18.2 Å². The molecular weight excluding hydrogens is 257 g/mol. The smallest absolute Gasteiger partial charge is 0.325 e. The van der Waals surface area contributed by atoms with Crippen molar-refractivity contribution in [2.24, 2.45) is 0 Å². The molecule has 0 radical (unpaired) electrons. The van der Waals surface area contributed by atoms with Crippen LogP contribution in [-0.4, -0.2) is 17.6 Å². The summed E-state index contributed by atoms with van der Waals surface area (Å²) in [6.45, 7) is 0.511. The second-order valence-electron chi connectivity index (χ2n) is 4.52. The topological polar surface area (TPSA) is 49.3 Å². The zero-order valence-corrected chi connectivity index (χ0v) is 10.9. The van der Waals surface area contributed by atoms with E-state index in [1.54, 1.807) is 6.07 Å². The molecule has 2 aromatic carbocycles. The Labute approximate surface area is 117 Å². The van der Waals surface area contributed by atoms with Gasteiger partial charge in [0.05, 0.1) is 0 Å². The van der Waals surface area contributed by atoms with Crippen LogP contribution < -0.4 is 5.32 Å². The number of carboxylic acids is 1. The second kappa shape index (κ2) is 6.82. The number of carboxylic acid groups (broad SMARTS) is 1. The second-order valence-corrected chi connectivity index (χ2v) is 4.52. The molecule has 4 heteroatoms. The minimum absolute atomic E-state index is 0.422. The van der Waals surface area contributed by atoms with E-state index in [-0.39, 0.29) is 0 Å². The molecule has 104 valence electrons. The summed E-state index contributed by atoms with van der Waals surface area (Å²) in [5.41, 5.74) is 1.55. The van der Waals surface area contributed by atoms with Gasteiger partial charge in [-0.3, -0.25) is 4.79 Å². The van der Waals surface area contributed by atoms with Gasteiger partial charge in [0.25, 0.3) is 0 Å². The fourth-order valence-electron chi connectivity index (χ4n) is 2.04. The van der Waals surface area contributed by atoms with Crippen LogP contribution in [0.2, 0.25) is 0 Å². The molecule has 0 heterocycles. The third kappa shape index (κ3) is 3.90. The molecule has 0 aliphatic heterocycles. The zero-order valence-electron chi connectivity index (χ0n) is 10.9. The number of carbonyl (C=O) groups is 1. The van der Waals surface area contributed by atoms with Gasteiger partial charge in [0.1, 0.15) is 11.9 Å². The van der Waals surface area contributed by atoms with Gasteiger partial charge in [0.2, 0.25) is 0 Å². The summed E-state index contributed by atoms with van der Waals surface area (Å²) >= 11 is 0. The molecule has 2 rings (SSSR count). The Morgan fingerprint density at radius 3 is 2.55 bits per heavy atom. The van der Waals surface area contributed by atoms with E-state index in [0.717, 1.165) is 12.0 Å². The van der Waals surface area contributed by atoms with Gasteiger partial charge in [-0.25, -0.2) is 4.39 Å². The fourth-order valence-corrected chi connectivity index (χ4v) is 2.04. The summed E-state index contributed by atoms with van der Waals surface area (Å²) in [7, 11) is 0. The van der Waals surface area contributed by atoms with Gasteiger partial charge in [0.15, 0.2) is 0 Å². The first-order valence-corrected chi connectivity index (χ1v) is 6.42. The number of benzene rings is 2. The number of rotatable bonds is 6. The van der Waals surface area contributed by atoms with E-state index >= 15 is 0 Å². The maximum absolute atomic E-state index is 13.2. The number of nitrogens with one attached hydrogen (secondary N) is 1. The molecular formula is C16H16FNO2. The molecule has 0 aliphatic carbocycles. The molecule has 0 aliphatic rings. The van der Waals surface area contributed by atoms with Gasteiger partial charge >= 0.3 is 5.97 Å². The molecule has 0 fully saturated rings. The van der Waals surface area contributed by atoms with E-state index in [4.69, 9.17) is 0 Å². The van der Waals surface area contributed by atoms with Crippen LogP contribution in [0.5, 0.6) is 0 Å². The molecule has 0 saturated heterocycles. The van der Waals surface area contributed by atoms with Crippen molar-refractivity contribution in [1.29, 1.82) is 0 Å². The normalized spacial score (nSPS) is 12.1. The molecule has 2 aromatic rings. The predicted octanol–water partition coefficient (Wildman–Crippen LogP) is 2.78. The highest BCUT2D eigenvalue weighted by Gasteiger charge is 2.19. The summed E-state index contributed by atoms with van der Waals surface area (Å²) < 4.78 is 13.2. The quantitative estimate of drug-likeness (QED) is 0.851. The van der Waals surface area contributed by atoms with Crippen LogP contribution in [0, 0.1) is 5.82 Å². The fraction of sp³-hybridized carbons (Fsp3) is 0.188. The molecule has 0 amide bonds. The summed E-state index contributed by atoms with van der Waals surface area (Å²) in [6.07, 6.45) is 0.722. The van der Waals surface area contributed by atoms with Gasteiger partial charge in [-0.2, -0.15) is 0 Å². The van der Waals surface area contributed by atoms with Gasteiger partial charge in [-0.1, -0.05) is 42.5 Å². The number of hydrogen-bond acceptors (Lipinski definition) is 2. The highest BCUT2D eigenvalue weighted by atomic mass is 19.1. The summed E-state index contributed by atoms with van der Waals surface area (Å²) in [4.78, 5) is 11.3. The maximum Gasteiger partial charge on any atom is 0.325 e. The highest BCUT2D eigenvalue weighted by molar-refractivity contribution is 5.75. The molecule has 0 saturated carbocycles. The van der Waals surface area contributed by atoms with E-state index < -0.39 is 17.8 Å². The molecule has 1 unspecified atom stereocenters. The van der Waals surface area contributed by atoms with Gasteiger partial charge in [-0.05, 0) is 29.7 Å². The molecule has 20 heavy (non-hydrogen) atoms. The largest absolute Gasteiger partial charge is 0.480 e. The summed E-state index contributed by atoms with van der Waals surface area (Å²) in [5.74, 6) is -1.44. The van der Waals surface area contributed by atoms with Crippen LogP contribution in [0.3, 0.4) is 0 Å². The van der Waals surface area contributed by atoms with Crippen molar-refractivity contribution in [2.45, 2.75) is 12.5 Å². The van der Waals surface area contributed by atoms with Crippen molar-refractivity contribution in [2.75, 3.05) is 6.54 Å². The number of halogens is 1. The Morgan fingerprint density at radius 2 is 1.90 bits per heavy atom. The van der Waals surface area contributed by atoms with Crippen molar-refractivity contribution in [3.63, 3.8) is 0 Å². The number of hydrogen-bond donors (Lipinski definition) is 2. The zero-order chi connectivity index (χ0) is 14.4. The Balaban J connectivity index is 1.98. The average Bonchev–Trinajstić information content (AvgIpc) is 2.44. The Kier molecular flexibility index (Phi) is 4.85. The SMILES string of the molecule is O=C(O)C(NCCc1ccccc1)c1cccc(F)c1. The first kappa shape index (κ1) is 14.2. The summed E-state index contributed by atoms with van der Waals surface area (Å²) in [5, 5.41) is 12.2. The molecule has 0 aromatic heterocycles. The number of aliphatic carboxylic acids is 1. The summed E-state index contributed by atoms with van der Waals surface area (Å²) in [6, 6.07) is 14.6. The van der Waals surface area contributed by atoms with Crippen LogP contribution in [0.25, 0.3) is 0 Å². The van der Waals surface area contributed by atoms with E-state index in [9.17, 15) is 14.3 Å². The lowest BCUT2D eigenvalue weighted by Gasteiger charge is -2.15. The van der Waals surface area contributed by atoms with Gasteiger partial charge in [-0.15, -0.1) is 0 Å². The first-order chi connectivity index (χ1) is 9.66. The van der Waals surface area contributed by atoms with E-state index in [0.29, 0.717) is 12.1 Å². The van der Waals surface area contributed by atoms with Crippen molar-refractivity contribution >= 4 is 5.97 Å². The van der Waals surface area contributed by atoms with Gasteiger partial charge in [0, 0.05) is 6.54 Å². The van der Waals surface area contributed by atoms with Crippen LogP contribution >= 0.6 is 0 Å². The van der Waals surface area contributed by atoms with Gasteiger partial charge < -0.3 is 10.4 Å². The lowest BCUT2D eigenvalue weighted by atomic mass is 10.1. The van der Waals surface area contributed by atoms with Crippen molar-refractivity contribution in [1.82, 2.24) is 5.32 Å². The van der Waals surface area contributed by atoms with Crippen molar-refractivity contribution in [3.8, 4) is 0 Å². The minimum atomic E-state index is -1.01. The standard InChI is InChI=1S/C16H16FNO2/c17-14-8-4-7-13(11-14)15(16(19)20)18-10-9-12-5-2-1-3-6-12/h1-8,11,15,18H,9-10H2,(H,19,20). The molecule has 2 N–H and O–H groups in total. The third-order valence-corrected chi connectivity index (χ3v) is 3.03. The van der Waals surface area contributed by atoms with Crippen LogP contribution in [-0.2, 0) is 11.2 Å². The maximum atomic E-state index is 13.2. The minimum Gasteiger partial charge on any atom is -0.480 e. The van der Waals surface area contributed by atoms with Crippen LogP contribution in [0.4, 0.5) is 4.39 Å². The Bertz CT molecular complexity index is 572. The van der Waals surface area contributed by atoms with Crippen LogP contribution in [0.15, 0.2) is 54.6 Å². The van der Waals surface area contributed by atoms with Crippen molar-refractivity contribution in [3.05, 3.63) is 71.5 Å². The Morgan fingerprint density at radius 1 is 1.15 bits per heavy atom. The monoisotopic (exact) mass is 273 g/mol. The molecule has 3 nitrogen and oxygen atoms in total. The van der Waals surface area contributed by atoms with E-state index in [1.807, 2.05) is 30.3 Å². The average molecular weight is 273 g/mol. The molecule has 0 spiro atoms. The Hall–Kier alpha value is -2.20. The lowest BCUT2D eigenvalue weighted by molar-refractivity contribution is -0.139. The van der Waals surface area contributed by atoms with Crippen LogP contribution in [0.1, 0.15) is 17.2 Å². The predicted molar refractivity (Wildman–Crippen MR) is 74.9 cm³/mol. The molecule has 0 bridgehead atoms. The first-order valence-electron chi connectivity index (χ1n) is 6.42. The highest BCUT2D eigenvalue weighted by Crippen LogP contribution is 2.14. The van der Waals surface area contributed by atoms with Crippen molar-refractivity contribution < 1.29 is 14.3 Å². The van der Waals surface area contributed by atoms with E-state index in [2.05, 4.69) is 5.32 Å². The molecule has 1 atom stereocenters. The lowest BCUT2D eigenvalue weighted by Crippen LogP contribution is -2.30.